The maximum absolute atomic E-state index is 12.6. The van der Waals surface area contributed by atoms with E-state index in [1.54, 1.807) is 22.0 Å². The number of aromatic nitrogens is 2. The third-order valence-electron chi connectivity index (χ3n) is 3.73. The summed E-state index contributed by atoms with van der Waals surface area (Å²) in [6.45, 7) is 3.13. The number of amides is 1. The lowest BCUT2D eigenvalue weighted by molar-refractivity contribution is 0.0132. The molecule has 1 saturated heterocycles. The molecule has 1 amide bonds. The highest BCUT2D eigenvalue weighted by atomic mass is 16.5. The first-order valence-electron chi connectivity index (χ1n) is 7.09. The van der Waals surface area contributed by atoms with Crippen LogP contribution in [0.5, 0.6) is 0 Å². The largest absolute Gasteiger partial charge is 0.376 e. The molecule has 6 nitrogen and oxygen atoms in total. The van der Waals surface area contributed by atoms with Crippen molar-refractivity contribution in [1.29, 1.82) is 5.26 Å². The summed E-state index contributed by atoms with van der Waals surface area (Å²) in [6.07, 6.45) is 3.24. The predicted molar refractivity (Wildman–Crippen MR) is 79.6 cm³/mol. The molecule has 1 fully saturated rings. The van der Waals surface area contributed by atoms with Crippen LogP contribution in [0, 0.1) is 18.3 Å². The molecule has 6 heteroatoms. The van der Waals surface area contributed by atoms with Gasteiger partial charge in [-0.1, -0.05) is 18.2 Å². The molecule has 1 aromatic heterocycles. The molecule has 1 unspecified atom stereocenters. The van der Waals surface area contributed by atoms with Crippen molar-refractivity contribution in [2.24, 2.45) is 0 Å². The van der Waals surface area contributed by atoms with Crippen LogP contribution < -0.4 is 0 Å². The topological polar surface area (TPSA) is 71.2 Å². The molecule has 0 saturated carbocycles. The lowest BCUT2D eigenvalue weighted by Gasteiger charge is -2.30. The Morgan fingerprint density at radius 1 is 1.45 bits per heavy atom. The van der Waals surface area contributed by atoms with Gasteiger partial charge in [-0.15, -0.1) is 0 Å². The number of ether oxygens (including phenoxy) is 1. The predicted octanol–water partition coefficient (Wildman–Crippen LogP) is 1.55. The van der Waals surface area contributed by atoms with Crippen molar-refractivity contribution in [2.45, 2.75) is 13.0 Å². The van der Waals surface area contributed by atoms with E-state index in [0.717, 1.165) is 11.3 Å². The fourth-order valence-corrected chi connectivity index (χ4v) is 2.51. The van der Waals surface area contributed by atoms with E-state index in [0.29, 0.717) is 18.7 Å². The molecule has 0 bridgehead atoms. The molecule has 112 valence electrons. The zero-order valence-corrected chi connectivity index (χ0v) is 12.3. The van der Waals surface area contributed by atoms with Crippen molar-refractivity contribution in [3.05, 3.63) is 47.8 Å². The number of nitriles is 1. The minimum atomic E-state index is -0.539. The Morgan fingerprint density at radius 2 is 2.27 bits per heavy atom. The monoisotopic (exact) mass is 296 g/mol. The number of morpholine rings is 1. The van der Waals surface area contributed by atoms with E-state index in [1.165, 1.54) is 0 Å². The molecule has 0 radical (unpaired) electrons. The summed E-state index contributed by atoms with van der Waals surface area (Å²) in [5.74, 6) is -0.185. The number of carbonyl (C=O) groups excluding carboxylic acids is 1. The number of benzene rings is 1. The number of hydrogen-bond donors (Lipinski definition) is 0. The van der Waals surface area contributed by atoms with Gasteiger partial charge in [-0.05, 0) is 18.6 Å². The van der Waals surface area contributed by atoms with Gasteiger partial charge in [0.1, 0.15) is 6.04 Å². The van der Waals surface area contributed by atoms with Gasteiger partial charge in [-0.25, -0.2) is 4.68 Å². The second-order valence-corrected chi connectivity index (χ2v) is 5.18. The SMILES string of the molecule is Cc1ccccc1-n1cc(C(=O)N2CCOCC2C#N)cn1. The Balaban J connectivity index is 1.86. The first kappa shape index (κ1) is 14.3. The van der Waals surface area contributed by atoms with Crippen LogP contribution in [0.4, 0.5) is 0 Å². The number of para-hydroxylation sites is 1. The summed E-state index contributed by atoms with van der Waals surface area (Å²) in [7, 11) is 0. The Kier molecular flexibility index (Phi) is 3.90. The number of rotatable bonds is 2. The summed E-state index contributed by atoms with van der Waals surface area (Å²) < 4.78 is 6.93. The lowest BCUT2D eigenvalue weighted by Crippen LogP contribution is -2.47. The number of carbonyl (C=O) groups is 1. The molecule has 0 N–H and O–H groups in total. The molecular formula is C16H16N4O2. The summed E-state index contributed by atoms with van der Waals surface area (Å²) in [6, 6.07) is 9.39. The molecule has 0 spiro atoms. The average molecular weight is 296 g/mol. The average Bonchev–Trinajstić information content (AvgIpc) is 3.04. The van der Waals surface area contributed by atoms with E-state index in [4.69, 9.17) is 10.00 Å². The van der Waals surface area contributed by atoms with Crippen LogP contribution in [0.25, 0.3) is 5.69 Å². The van der Waals surface area contributed by atoms with Crippen LogP contribution in [-0.2, 0) is 4.74 Å². The Morgan fingerprint density at radius 3 is 3.05 bits per heavy atom. The zero-order chi connectivity index (χ0) is 15.5. The van der Waals surface area contributed by atoms with Crippen molar-refractivity contribution in [1.82, 2.24) is 14.7 Å². The lowest BCUT2D eigenvalue weighted by atomic mass is 10.2. The number of nitrogens with zero attached hydrogens (tertiary/aromatic N) is 4. The van der Waals surface area contributed by atoms with Crippen molar-refractivity contribution in [3.8, 4) is 11.8 Å². The summed E-state index contributed by atoms with van der Waals surface area (Å²) in [5, 5.41) is 13.4. The van der Waals surface area contributed by atoms with Crippen LogP contribution in [0.15, 0.2) is 36.7 Å². The van der Waals surface area contributed by atoms with Gasteiger partial charge in [0, 0.05) is 12.7 Å². The molecule has 1 aliphatic heterocycles. The quantitative estimate of drug-likeness (QED) is 0.843. The molecule has 2 aromatic rings. The third kappa shape index (κ3) is 2.59. The van der Waals surface area contributed by atoms with Gasteiger partial charge < -0.3 is 9.64 Å². The van der Waals surface area contributed by atoms with E-state index >= 15 is 0 Å². The van der Waals surface area contributed by atoms with Gasteiger partial charge in [0.25, 0.3) is 5.91 Å². The summed E-state index contributed by atoms with van der Waals surface area (Å²) in [4.78, 5) is 14.1. The van der Waals surface area contributed by atoms with Gasteiger partial charge >= 0.3 is 0 Å². The first-order valence-corrected chi connectivity index (χ1v) is 7.09. The van der Waals surface area contributed by atoms with E-state index in [-0.39, 0.29) is 12.5 Å². The van der Waals surface area contributed by atoms with Gasteiger partial charge in [0.15, 0.2) is 0 Å². The molecule has 1 aromatic carbocycles. The highest BCUT2D eigenvalue weighted by Gasteiger charge is 2.28. The Hall–Kier alpha value is -2.65. The minimum Gasteiger partial charge on any atom is -0.376 e. The molecule has 0 aliphatic carbocycles. The van der Waals surface area contributed by atoms with E-state index in [1.807, 2.05) is 31.2 Å². The molecule has 2 heterocycles. The van der Waals surface area contributed by atoms with E-state index in [2.05, 4.69) is 11.2 Å². The smallest absolute Gasteiger partial charge is 0.258 e. The van der Waals surface area contributed by atoms with Crippen molar-refractivity contribution >= 4 is 5.91 Å². The highest BCUT2D eigenvalue weighted by molar-refractivity contribution is 5.94. The second-order valence-electron chi connectivity index (χ2n) is 5.18. The van der Waals surface area contributed by atoms with Crippen LogP contribution in [0.3, 0.4) is 0 Å². The van der Waals surface area contributed by atoms with Gasteiger partial charge in [-0.2, -0.15) is 10.4 Å². The fourth-order valence-electron chi connectivity index (χ4n) is 2.51. The van der Waals surface area contributed by atoms with E-state index in [9.17, 15) is 4.79 Å². The van der Waals surface area contributed by atoms with Gasteiger partial charge in [0.2, 0.25) is 0 Å². The van der Waals surface area contributed by atoms with Crippen LogP contribution in [0.2, 0.25) is 0 Å². The van der Waals surface area contributed by atoms with Crippen molar-refractivity contribution in [3.63, 3.8) is 0 Å². The number of hydrogen-bond acceptors (Lipinski definition) is 4. The Bertz CT molecular complexity index is 732. The molecular weight excluding hydrogens is 280 g/mol. The van der Waals surface area contributed by atoms with Crippen LogP contribution >= 0.6 is 0 Å². The minimum absolute atomic E-state index is 0.185. The first-order chi connectivity index (χ1) is 10.7. The van der Waals surface area contributed by atoms with Gasteiger partial charge in [-0.3, -0.25) is 4.79 Å². The molecule has 22 heavy (non-hydrogen) atoms. The second kappa shape index (κ2) is 6.00. The fraction of sp³-hybridized carbons (Fsp3) is 0.312. The summed E-state index contributed by atoms with van der Waals surface area (Å²) in [5.41, 5.74) is 2.48. The number of aryl methyl sites for hydroxylation is 1. The van der Waals surface area contributed by atoms with Crippen molar-refractivity contribution in [2.75, 3.05) is 19.8 Å². The Labute approximate surface area is 128 Å². The highest BCUT2D eigenvalue weighted by Crippen LogP contribution is 2.16. The maximum Gasteiger partial charge on any atom is 0.258 e. The van der Waals surface area contributed by atoms with Crippen LogP contribution in [-0.4, -0.2) is 46.4 Å². The van der Waals surface area contributed by atoms with Crippen molar-refractivity contribution < 1.29 is 9.53 Å². The third-order valence-corrected chi connectivity index (χ3v) is 3.73. The molecule has 1 aliphatic rings. The molecule has 3 rings (SSSR count). The van der Waals surface area contributed by atoms with Crippen LogP contribution in [0.1, 0.15) is 15.9 Å². The normalized spacial score (nSPS) is 18.0. The van der Waals surface area contributed by atoms with Gasteiger partial charge in [0.05, 0.1) is 36.7 Å². The maximum atomic E-state index is 12.6. The zero-order valence-electron chi connectivity index (χ0n) is 12.3. The van der Waals surface area contributed by atoms with E-state index < -0.39 is 6.04 Å². The summed E-state index contributed by atoms with van der Waals surface area (Å²) >= 11 is 0. The molecule has 1 atom stereocenters. The standard InChI is InChI=1S/C16H16N4O2/c1-12-4-2-3-5-15(12)20-10-13(9-18-20)16(21)19-6-7-22-11-14(19)8-17/h2-5,9-10,14H,6-7,11H2,1H3.